The first-order valence-electron chi connectivity index (χ1n) is 6.04. The largest absolute Gasteiger partial charge is 0.444 e. The van der Waals surface area contributed by atoms with Crippen molar-refractivity contribution in [3.63, 3.8) is 0 Å². The Morgan fingerprint density at radius 1 is 1.30 bits per heavy atom. The molecule has 6 nitrogen and oxygen atoms in total. The number of aromatic nitrogens is 2. The Morgan fingerprint density at radius 3 is 2.45 bits per heavy atom. The molecule has 20 heavy (non-hydrogen) atoms. The molecule has 0 saturated heterocycles. The Balaban J connectivity index is 2.24. The highest BCUT2D eigenvalue weighted by Gasteiger charge is 2.24. The lowest BCUT2D eigenvalue weighted by Gasteiger charge is -2.14. The predicted octanol–water partition coefficient (Wildman–Crippen LogP) is 1.11. The molecule has 1 unspecified atom stereocenters. The number of esters is 1. The van der Waals surface area contributed by atoms with E-state index in [4.69, 9.17) is 10.5 Å². The molecule has 6 heteroatoms. The SMILES string of the molecule is Cc1c(C(=O)OC(C(N)=O)c2ccccc2)cnn1C. The van der Waals surface area contributed by atoms with Crippen LogP contribution in [0.15, 0.2) is 36.5 Å². The molecule has 0 aliphatic rings. The second-order valence-corrected chi connectivity index (χ2v) is 4.37. The van der Waals surface area contributed by atoms with Gasteiger partial charge >= 0.3 is 5.97 Å². The lowest BCUT2D eigenvalue weighted by Crippen LogP contribution is -2.26. The van der Waals surface area contributed by atoms with Crippen LogP contribution in [0.25, 0.3) is 0 Å². The Bertz CT molecular complexity index is 634. The number of aryl methyl sites for hydroxylation is 1. The third kappa shape index (κ3) is 2.69. The van der Waals surface area contributed by atoms with E-state index in [1.165, 1.54) is 6.20 Å². The van der Waals surface area contributed by atoms with E-state index in [-0.39, 0.29) is 0 Å². The van der Waals surface area contributed by atoms with Gasteiger partial charge in [0.05, 0.1) is 6.20 Å². The van der Waals surface area contributed by atoms with Gasteiger partial charge in [0.1, 0.15) is 5.56 Å². The second kappa shape index (κ2) is 5.56. The summed E-state index contributed by atoms with van der Waals surface area (Å²) >= 11 is 0. The minimum Gasteiger partial charge on any atom is -0.444 e. The van der Waals surface area contributed by atoms with Gasteiger partial charge < -0.3 is 10.5 Å². The molecule has 2 N–H and O–H groups in total. The summed E-state index contributed by atoms with van der Waals surface area (Å²) in [6, 6.07) is 8.65. The minimum atomic E-state index is -1.11. The highest BCUT2D eigenvalue weighted by molar-refractivity contribution is 5.93. The number of amides is 1. The number of rotatable bonds is 4. The Labute approximate surface area is 116 Å². The van der Waals surface area contributed by atoms with Crippen LogP contribution in [0.4, 0.5) is 0 Å². The van der Waals surface area contributed by atoms with E-state index in [1.807, 2.05) is 0 Å². The highest BCUT2D eigenvalue weighted by Crippen LogP contribution is 2.19. The minimum absolute atomic E-state index is 0.315. The summed E-state index contributed by atoms with van der Waals surface area (Å²) in [5.74, 6) is -1.34. The molecule has 1 aromatic heterocycles. The zero-order valence-electron chi connectivity index (χ0n) is 11.2. The zero-order chi connectivity index (χ0) is 14.7. The van der Waals surface area contributed by atoms with Gasteiger partial charge in [0.15, 0.2) is 0 Å². The van der Waals surface area contributed by atoms with Crippen LogP contribution in [-0.2, 0) is 16.6 Å². The Hall–Kier alpha value is -2.63. The quantitative estimate of drug-likeness (QED) is 0.845. The molecule has 1 atom stereocenters. The van der Waals surface area contributed by atoms with Crippen molar-refractivity contribution in [2.75, 3.05) is 0 Å². The maximum absolute atomic E-state index is 12.1. The van der Waals surface area contributed by atoms with Crippen LogP contribution in [0.3, 0.4) is 0 Å². The summed E-state index contributed by atoms with van der Waals surface area (Å²) in [5.41, 5.74) is 6.81. The average molecular weight is 273 g/mol. The number of hydrogen-bond acceptors (Lipinski definition) is 4. The number of carbonyl (C=O) groups excluding carboxylic acids is 2. The number of hydrogen-bond donors (Lipinski definition) is 1. The Kier molecular flexibility index (Phi) is 3.84. The number of nitrogens with two attached hydrogens (primary N) is 1. The molecule has 0 radical (unpaired) electrons. The third-order valence-corrected chi connectivity index (χ3v) is 3.04. The van der Waals surface area contributed by atoms with Crippen LogP contribution in [0.2, 0.25) is 0 Å². The number of ether oxygens (including phenoxy) is 1. The fraction of sp³-hybridized carbons (Fsp3) is 0.214. The summed E-state index contributed by atoms with van der Waals surface area (Å²) in [6.07, 6.45) is 0.295. The first kappa shape index (κ1) is 13.8. The summed E-state index contributed by atoms with van der Waals surface area (Å²) < 4.78 is 6.77. The number of benzene rings is 1. The van der Waals surface area contributed by atoms with Crippen LogP contribution in [0, 0.1) is 6.92 Å². The molecular weight excluding hydrogens is 258 g/mol. The maximum Gasteiger partial charge on any atom is 0.342 e. The molecule has 104 valence electrons. The fourth-order valence-electron chi connectivity index (χ4n) is 1.79. The normalized spacial score (nSPS) is 11.9. The molecule has 1 aromatic carbocycles. The van der Waals surface area contributed by atoms with Crippen LogP contribution in [0.5, 0.6) is 0 Å². The van der Waals surface area contributed by atoms with Crippen molar-refractivity contribution >= 4 is 11.9 Å². The van der Waals surface area contributed by atoms with Gasteiger partial charge in [-0.2, -0.15) is 5.10 Å². The molecular formula is C14H15N3O3. The van der Waals surface area contributed by atoms with Gasteiger partial charge in [-0.05, 0) is 6.92 Å². The van der Waals surface area contributed by atoms with E-state index in [1.54, 1.807) is 49.0 Å². The van der Waals surface area contributed by atoms with Crippen molar-refractivity contribution in [2.45, 2.75) is 13.0 Å². The van der Waals surface area contributed by atoms with Gasteiger partial charge in [-0.15, -0.1) is 0 Å². The van der Waals surface area contributed by atoms with Gasteiger partial charge in [-0.1, -0.05) is 30.3 Å². The first-order chi connectivity index (χ1) is 9.50. The topological polar surface area (TPSA) is 87.2 Å². The average Bonchev–Trinajstić information content (AvgIpc) is 2.77. The summed E-state index contributed by atoms with van der Waals surface area (Å²) in [6.45, 7) is 1.74. The summed E-state index contributed by atoms with van der Waals surface area (Å²) in [5, 5.41) is 3.96. The van der Waals surface area contributed by atoms with Crippen LogP contribution >= 0.6 is 0 Å². The first-order valence-corrected chi connectivity index (χ1v) is 6.04. The molecule has 1 amide bonds. The van der Waals surface area contributed by atoms with Crippen LogP contribution in [-0.4, -0.2) is 21.7 Å². The van der Waals surface area contributed by atoms with E-state index in [0.717, 1.165) is 0 Å². The molecule has 0 saturated carbocycles. The monoisotopic (exact) mass is 273 g/mol. The standard InChI is InChI=1S/C14H15N3O3/c1-9-11(8-16-17(9)2)14(19)20-12(13(15)18)10-6-4-3-5-7-10/h3-8,12H,1-2H3,(H2,15,18). The second-order valence-electron chi connectivity index (χ2n) is 4.37. The number of nitrogens with zero attached hydrogens (tertiary/aromatic N) is 2. The Morgan fingerprint density at radius 2 is 1.95 bits per heavy atom. The van der Waals surface area contributed by atoms with Crippen molar-refractivity contribution < 1.29 is 14.3 Å². The van der Waals surface area contributed by atoms with E-state index in [2.05, 4.69) is 5.10 Å². The maximum atomic E-state index is 12.1. The lowest BCUT2D eigenvalue weighted by atomic mass is 10.1. The molecule has 0 spiro atoms. The van der Waals surface area contributed by atoms with E-state index in [9.17, 15) is 9.59 Å². The number of primary amides is 1. The molecule has 0 bridgehead atoms. The van der Waals surface area contributed by atoms with Gasteiger partial charge in [-0.3, -0.25) is 9.48 Å². The molecule has 0 fully saturated rings. The van der Waals surface area contributed by atoms with Crippen molar-refractivity contribution in [1.29, 1.82) is 0 Å². The smallest absolute Gasteiger partial charge is 0.342 e. The van der Waals surface area contributed by atoms with Crippen LogP contribution < -0.4 is 5.73 Å². The molecule has 0 aliphatic carbocycles. The molecule has 1 heterocycles. The van der Waals surface area contributed by atoms with Gasteiger partial charge in [0.25, 0.3) is 5.91 Å². The molecule has 2 rings (SSSR count). The lowest BCUT2D eigenvalue weighted by molar-refractivity contribution is -0.127. The summed E-state index contributed by atoms with van der Waals surface area (Å²) in [4.78, 5) is 23.6. The van der Waals surface area contributed by atoms with Gasteiger partial charge in [0, 0.05) is 18.3 Å². The van der Waals surface area contributed by atoms with Gasteiger partial charge in [0.2, 0.25) is 6.10 Å². The van der Waals surface area contributed by atoms with Crippen molar-refractivity contribution in [3.05, 3.63) is 53.3 Å². The third-order valence-electron chi connectivity index (χ3n) is 3.04. The van der Waals surface area contributed by atoms with Gasteiger partial charge in [-0.25, -0.2) is 4.79 Å². The summed E-state index contributed by atoms with van der Waals surface area (Å²) in [7, 11) is 1.72. The zero-order valence-corrected chi connectivity index (χ0v) is 11.2. The van der Waals surface area contributed by atoms with E-state index < -0.39 is 18.0 Å². The van der Waals surface area contributed by atoms with Crippen LogP contribution in [0.1, 0.15) is 27.7 Å². The van der Waals surface area contributed by atoms with E-state index >= 15 is 0 Å². The highest BCUT2D eigenvalue weighted by atomic mass is 16.5. The van der Waals surface area contributed by atoms with Crippen molar-refractivity contribution in [3.8, 4) is 0 Å². The van der Waals surface area contributed by atoms with Crippen molar-refractivity contribution in [2.24, 2.45) is 12.8 Å². The predicted molar refractivity (Wildman–Crippen MR) is 71.7 cm³/mol. The van der Waals surface area contributed by atoms with Crippen molar-refractivity contribution in [1.82, 2.24) is 9.78 Å². The molecule has 0 aliphatic heterocycles. The number of carbonyl (C=O) groups is 2. The fourth-order valence-corrected chi connectivity index (χ4v) is 1.79. The molecule has 2 aromatic rings. The van der Waals surface area contributed by atoms with E-state index in [0.29, 0.717) is 16.8 Å².